The smallest absolute Gasteiger partial charge is 0.0850 e. The molecule has 0 spiro atoms. The molecule has 0 amide bonds. The highest BCUT2D eigenvalue weighted by Gasteiger charge is 2.24. The number of aryl methyl sites for hydroxylation is 2. The fourth-order valence-electron chi connectivity index (χ4n) is 1.99. The van der Waals surface area contributed by atoms with Gasteiger partial charge in [-0.05, 0) is 26.7 Å². The molecule has 0 saturated carbocycles. The highest BCUT2D eigenvalue weighted by molar-refractivity contribution is 6.31. The number of hydrogen-bond acceptors (Lipinski definition) is 3. The Labute approximate surface area is 114 Å². The first-order valence-corrected chi connectivity index (χ1v) is 6.84. The standard InChI is InChI=1S/C13H24ClN3O/c1-5-10-12(14)11(17(6-2)16-10)9-13(3,15)7-8-18-4/h5-9,15H2,1-4H3. The Morgan fingerprint density at radius 3 is 2.61 bits per heavy atom. The van der Waals surface area contributed by atoms with E-state index in [1.807, 2.05) is 11.6 Å². The van der Waals surface area contributed by atoms with E-state index in [4.69, 9.17) is 22.1 Å². The zero-order chi connectivity index (χ0) is 13.8. The number of hydrogen-bond donors (Lipinski definition) is 1. The van der Waals surface area contributed by atoms with Crippen LogP contribution in [-0.4, -0.2) is 29.0 Å². The van der Waals surface area contributed by atoms with Gasteiger partial charge in [0.05, 0.1) is 16.4 Å². The van der Waals surface area contributed by atoms with Crippen molar-refractivity contribution in [3.63, 3.8) is 0 Å². The topological polar surface area (TPSA) is 53.1 Å². The quantitative estimate of drug-likeness (QED) is 0.830. The minimum atomic E-state index is -0.322. The summed E-state index contributed by atoms with van der Waals surface area (Å²) in [5, 5.41) is 5.28. The van der Waals surface area contributed by atoms with E-state index in [-0.39, 0.29) is 5.54 Å². The molecule has 1 rings (SSSR count). The lowest BCUT2D eigenvalue weighted by molar-refractivity contribution is 0.171. The average molecular weight is 274 g/mol. The average Bonchev–Trinajstić information content (AvgIpc) is 2.63. The summed E-state index contributed by atoms with van der Waals surface area (Å²) < 4.78 is 7.05. The highest BCUT2D eigenvalue weighted by Crippen LogP contribution is 2.25. The Balaban J connectivity index is 2.91. The lowest BCUT2D eigenvalue weighted by atomic mass is 9.93. The first-order chi connectivity index (χ1) is 8.45. The summed E-state index contributed by atoms with van der Waals surface area (Å²) in [4.78, 5) is 0. The van der Waals surface area contributed by atoms with Crippen molar-refractivity contribution in [3.8, 4) is 0 Å². The number of ether oxygens (including phenoxy) is 1. The number of aromatic nitrogens is 2. The summed E-state index contributed by atoms with van der Waals surface area (Å²) in [5.41, 5.74) is 7.97. The molecule has 0 aliphatic rings. The van der Waals surface area contributed by atoms with Crippen LogP contribution in [0.3, 0.4) is 0 Å². The van der Waals surface area contributed by atoms with Crippen molar-refractivity contribution in [2.24, 2.45) is 5.73 Å². The molecule has 2 N–H and O–H groups in total. The minimum Gasteiger partial charge on any atom is -0.385 e. The van der Waals surface area contributed by atoms with Gasteiger partial charge in [-0.3, -0.25) is 4.68 Å². The molecular weight excluding hydrogens is 250 g/mol. The SMILES string of the molecule is CCc1nn(CC)c(CC(C)(N)CCOC)c1Cl. The fraction of sp³-hybridized carbons (Fsp3) is 0.769. The van der Waals surface area contributed by atoms with Gasteiger partial charge in [-0.2, -0.15) is 5.10 Å². The summed E-state index contributed by atoms with van der Waals surface area (Å²) in [7, 11) is 1.69. The molecule has 0 saturated heterocycles. The van der Waals surface area contributed by atoms with Gasteiger partial charge in [-0.15, -0.1) is 0 Å². The molecule has 1 heterocycles. The maximum atomic E-state index is 6.38. The molecule has 0 radical (unpaired) electrons. The number of methoxy groups -OCH3 is 1. The Morgan fingerprint density at radius 2 is 2.11 bits per heavy atom. The second-order valence-electron chi connectivity index (χ2n) is 4.95. The van der Waals surface area contributed by atoms with E-state index in [0.717, 1.165) is 42.2 Å². The molecule has 0 aromatic carbocycles. The molecule has 0 aliphatic carbocycles. The van der Waals surface area contributed by atoms with Crippen molar-refractivity contribution >= 4 is 11.6 Å². The third-order valence-electron chi connectivity index (χ3n) is 3.14. The summed E-state index contributed by atoms with van der Waals surface area (Å²) in [5.74, 6) is 0. The molecule has 5 heteroatoms. The first-order valence-electron chi connectivity index (χ1n) is 6.47. The third kappa shape index (κ3) is 3.70. The zero-order valence-corrected chi connectivity index (χ0v) is 12.5. The van der Waals surface area contributed by atoms with Crippen LogP contribution < -0.4 is 5.73 Å². The second-order valence-corrected chi connectivity index (χ2v) is 5.33. The highest BCUT2D eigenvalue weighted by atomic mass is 35.5. The largest absolute Gasteiger partial charge is 0.385 e. The van der Waals surface area contributed by atoms with Crippen LogP contribution in [0.4, 0.5) is 0 Å². The number of halogens is 1. The van der Waals surface area contributed by atoms with Crippen molar-refractivity contribution in [1.29, 1.82) is 0 Å². The predicted octanol–water partition coefficient (Wildman–Crippen LogP) is 2.42. The molecule has 1 aromatic heterocycles. The van der Waals surface area contributed by atoms with Gasteiger partial charge in [0.25, 0.3) is 0 Å². The molecule has 0 fully saturated rings. The van der Waals surface area contributed by atoms with Gasteiger partial charge in [0.1, 0.15) is 0 Å². The first kappa shape index (κ1) is 15.5. The molecular formula is C13H24ClN3O. The molecule has 1 aromatic rings. The number of nitrogens with two attached hydrogens (primary N) is 1. The summed E-state index contributed by atoms with van der Waals surface area (Å²) in [6.45, 7) is 7.63. The summed E-state index contributed by atoms with van der Waals surface area (Å²) in [6.07, 6.45) is 2.37. The molecule has 0 aliphatic heterocycles. The molecule has 0 bridgehead atoms. The monoisotopic (exact) mass is 273 g/mol. The number of nitrogens with zero attached hydrogens (tertiary/aromatic N) is 2. The Kier molecular flexibility index (Phi) is 5.63. The summed E-state index contributed by atoms with van der Waals surface area (Å²) in [6, 6.07) is 0. The van der Waals surface area contributed by atoms with E-state index >= 15 is 0 Å². The van der Waals surface area contributed by atoms with Crippen LogP contribution in [0, 0.1) is 0 Å². The second kappa shape index (κ2) is 6.55. The number of rotatable bonds is 7. The van der Waals surface area contributed by atoms with E-state index in [2.05, 4.69) is 18.9 Å². The molecule has 4 nitrogen and oxygen atoms in total. The van der Waals surface area contributed by atoms with Crippen molar-refractivity contribution in [3.05, 3.63) is 16.4 Å². The summed E-state index contributed by atoms with van der Waals surface area (Å²) >= 11 is 6.38. The third-order valence-corrected chi connectivity index (χ3v) is 3.58. The Bertz CT molecular complexity index is 388. The van der Waals surface area contributed by atoms with E-state index in [0.29, 0.717) is 6.61 Å². The molecule has 1 unspecified atom stereocenters. The maximum absolute atomic E-state index is 6.38. The van der Waals surface area contributed by atoms with E-state index in [9.17, 15) is 0 Å². The van der Waals surface area contributed by atoms with Crippen LogP contribution in [0.1, 0.15) is 38.6 Å². The van der Waals surface area contributed by atoms with Crippen LogP contribution in [-0.2, 0) is 24.1 Å². The van der Waals surface area contributed by atoms with Gasteiger partial charge in [-0.1, -0.05) is 18.5 Å². The van der Waals surface area contributed by atoms with Gasteiger partial charge in [-0.25, -0.2) is 0 Å². The Hall–Kier alpha value is -0.580. The van der Waals surface area contributed by atoms with Crippen molar-refractivity contribution in [2.45, 2.75) is 52.1 Å². The van der Waals surface area contributed by atoms with Crippen LogP contribution in [0.15, 0.2) is 0 Å². The lowest BCUT2D eigenvalue weighted by Crippen LogP contribution is -2.40. The van der Waals surface area contributed by atoms with Crippen LogP contribution in [0.5, 0.6) is 0 Å². The molecule has 1 atom stereocenters. The van der Waals surface area contributed by atoms with E-state index < -0.39 is 0 Å². The van der Waals surface area contributed by atoms with Gasteiger partial charge in [0.2, 0.25) is 0 Å². The van der Waals surface area contributed by atoms with E-state index in [1.165, 1.54) is 0 Å². The van der Waals surface area contributed by atoms with Crippen molar-refractivity contribution in [2.75, 3.05) is 13.7 Å². The van der Waals surface area contributed by atoms with Gasteiger partial charge in [0, 0.05) is 32.2 Å². The van der Waals surface area contributed by atoms with Crippen molar-refractivity contribution < 1.29 is 4.74 Å². The lowest BCUT2D eigenvalue weighted by Gasteiger charge is -2.24. The van der Waals surface area contributed by atoms with Gasteiger partial charge >= 0.3 is 0 Å². The van der Waals surface area contributed by atoms with Gasteiger partial charge in [0.15, 0.2) is 0 Å². The fourth-order valence-corrected chi connectivity index (χ4v) is 2.33. The van der Waals surface area contributed by atoms with Crippen LogP contribution >= 0.6 is 11.6 Å². The van der Waals surface area contributed by atoms with Crippen molar-refractivity contribution in [1.82, 2.24) is 9.78 Å². The van der Waals surface area contributed by atoms with Crippen LogP contribution in [0.2, 0.25) is 5.02 Å². The van der Waals surface area contributed by atoms with Gasteiger partial charge < -0.3 is 10.5 Å². The zero-order valence-electron chi connectivity index (χ0n) is 11.8. The van der Waals surface area contributed by atoms with E-state index in [1.54, 1.807) is 7.11 Å². The minimum absolute atomic E-state index is 0.322. The maximum Gasteiger partial charge on any atom is 0.0850 e. The van der Waals surface area contributed by atoms with Crippen LogP contribution in [0.25, 0.3) is 0 Å². The molecule has 18 heavy (non-hydrogen) atoms. The Morgan fingerprint density at radius 1 is 1.44 bits per heavy atom. The predicted molar refractivity (Wildman–Crippen MR) is 75.1 cm³/mol. The normalized spacial score (nSPS) is 14.8. The molecule has 104 valence electrons.